The zero-order valence-corrected chi connectivity index (χ0v) is 8.84. The summed E-state index contributed by atoms with van der Waals surface area (Å²) in [4.78, 5) is 20.5. The zero-order valence-electron chi connectivity index (χ0n) is 8.09. The van der Waals surface area contributed by atoms with Crippen molar-refractivity contribution in [2.45, 2.75) is 44.5 Å². The van der Waals surface area contributed by atoms with Gasteiger partial charge in [0, 0.05) is 0 Å². The largest absolute Gasteiger partial charge is 0.457 e. The molecule has 0 radical (unpaired) electrons. The van der Waals surface area contributed by atoms with Gasteiger partial charge in [-0.2, -0.15) is 4.89 Å². The van der Waals surface area contributed by atoms with Crippen LogP contribution in [0, 0.1) is 0 Å². The zero-order chi connectivity index (χ0) is 10.3. The minimum Gasteiger partial charge on any atom is -0.457 e. The van der Waals surface area contributed by atoms with E-state index in [2.05, 4.69) is 9.78 Å². The van der Waals surface area contributed by atoms with Gasteiger partial charge in [-0.3, -0.25) is 0 Å². The molecule has 1 aliphatic rings. The van der Waals surface area contributed by atoms with Crippen LogP contribution in [-0.2, 0) is 19.3 Å². The number of carbonyl (C=O) groups is 1. The molecule has 0 aliphatic carbocycles. The Balaban J connectivity index is 2.58. The maximum atomic E-state index is 11.4. The molecule has 1 rings (SSSR count). The first kappa shape index (κ1) is 10.8. The molecule has 0 aromatic carbocycles. The molecule has 0 aromatic heterocycles. The molecule has 0 N–H and O–H groups in total. The number of alkyl halides is 1. The molecule has 1 saturated heterocycles. The summed E-state index contributed by atoms with van der Waals surface area (Å²) in [5, 5.41) is -1.46. The highest BCUT2D eigenvalue weighted by atomic mass is 35.5. The Morgan fingerprint density at radius 2 is 2.08 bits per heavy atom. The molecule has 0 bridgehead atoms. The van der Waals surface area contributed by atoms with Crippen LogP contribution in [0.2, 0.25) is 0 Å². The summed E-state index contributed by atoms with van der Waals surface area (Å²) in [5.41, 5.74) is -0.572. The molecular formula is C8H13ClO4. The van der Waals surface area contributed by atoms with E-state index in [-0.39, 0.29) is 0 Å². The van der Waals surface area contributed by atoms with Gasteiger partial charge in [-0.15, -0.1) is 0 Å². The summed E-state index contributed by atoms with van der Waals surface area (Å²) in [6.45, 7) is 6.92. The van der Waals surface area contributed by atoms with Gasteiger partial charge in [0.1, 0.15) is 11.7 Å². The van der Waals surface area contributed by atoms with Gasteiger partial charge in [0.05, 0.1) is 0 Å². The number of hydrogen-bond acceptors (Lipinski definition) is 4. The minimum atomic E-state index is -1.46. The third kappa shape index (κ3) is 2.13. The second kappa shape index (κ2) is 3.12. The van der Waals surface area contributed by atoms with E-state index in [0.717, 1.165) is 0 Å². The molecular weight excluding hydrogens is 196 g/mol. The van der Waals surface area contributed by atoms with Gasteiger partial charge < -0.3 is 4.74 Å². The lowest BCUT2D eigenvalue weighted by Gasteiger charge is -2.39. The average Bonchev–Trinajstić information content (AvgIpc) is 1.97. The van der Waals surface area contributed by atoms with E-state index in [1.54, 1.807) is 27.7 Å². The van der Waals surface area contributed by atoms with Gasteiger partial charge in [-0.1, -0.05) is 11.6 Å². The Morgan fingerprint density at radius 3 is 2.31 bits per heavy atom. The quantitative estimate of drug-likeness (QED) is 0.373. The highest BCUT2D eigenvalue weighted by Crippen LogP contribution is 2.36. The van der Waals surface area contributed by atoms with Crippen LogP contribution in [0.15, 0.2) is 0 Å². The molecule has 0 saturated carbocycles. The number of halogens is 1. The Bertz CT molecular complexity index is 223. The van der Waals surface area contributed by atoms with Crippen molar-refractivity contribution in [3.63, 3.8) is 0 Å². The lowest BCUT2D eigenvalue weighted by Crippen LogP contribution is -2.57. The van der Waals surface area contributed by atoms with Gasteiger partial charge in [0.15, 0.2) is 0 Å². The first-order valence-corrected chi connectivity index (χ1v) is 4.40. The van der Waals surface area contributed by atoms with Crippen LogP contribution >= 0.6 is 11.6 Å². The first-order chi connectivity index (χ1) is 5.76. The smallest absolute Gasteiger partial charge is 0.361 e. The fourth-order valence-corrected chi connectivity index (χ4v) is 0.888. The summed E-state index contributed by atoms with van der Waals surface area (Å²) in [5.74, 6) is -0.611. The summed E-state index contributed by atoms with van der Waals surface area (Å²) < 4.78 is 5.04. The second-order valence-corrected chi connectivity index (χ2v) is 4.53. The van der Waals surface area contributed by atoms with Crippen molar-refractivity contribution in [3.05, 3.63) is 0 Å². The molecule has 13 heavy (non-hydrogen) atoms. The Kier molecular flexibility index (Phi) is 2.58. The van der Waals surface area contributed by atoms with Crippen LogP contribution in [0.3, 0.4) is 0 Å². The molecule has 1 aliphatic heterocycles. The van der Waals surface area contributed by atoms with Gasteiger partial charge in [-0.05, 0) is 27.7 Å². The van der Waals surface area contributed by atoms with Crippen LogP contribution in [0.1, 0.15) is 27.7 Å². The predicted molar refractivity (Wildman–Crippen MR) is 46.1 cm³/mol. The first-order valence-electron chi connectivity index (χ1n) is 4.02. The van der Waals surface area contributed by atoms with Gasteiger partial charge in [0.2, 0.25) is 0 Å². The van der Waals surface area contributed by atoms with Crippen LogP contribution in [0.5, 0.6) is 0 Å². The van der Waals surface area contributed by atoms with Crippen molar-refractivity contribution in [1.82, 2.24) is 0 Å². The van der Waals surface area contributed by atoms with Crippen molar-refractivity contribution in [2.75, 3.05) is 0 Å². The van der Waals surface area contributed by atoms with E-state index in [1.165, 1.54) is 0 Å². The number of ether oxygens (including phenoxy) is 1. The highest BCUT2D eigenvalue weighted by molar-refractivity contribution is 6.33. The molecule has 2 atom stereocenters. The normalized spacial score (nSPS) is 33.8. The molecule has 5 heteroatoms. The third-order valence-electron chi connectivity index (χ3n) is 1.51. The molecule has 1 fully saturated rings. The fraction of sp³-hybridized carbons (Fsp3) is 0.875. The summed E-state index contributed by atoms with van der Waals surface area (Å²) in [7, 11) is 0. The van der Waals surface area contributed by atoms with E-state index in [9.17, 15) is 4.79 Å². The van der Waals surface area contributed by atoms with Crippen molar-refractivity contribution in [3.8, 4) is 0 Å². The number of carbonyl (C=O) groups excluding carboxylic acids is 1. The molecule has 4 nitrogen and oxygen atoms in total. The lowest BCUT2D eigenvalue weighted by atomic mass is 10.1. The maximum Gasteiger partial charge on any atom is 0.361 e. The van der Waals surface area contributed by atoms with Crippen molar-refractivity contribution in [1.29, 1.82) is 0 Å². The predicted octanol–water partition coefficient (Wildman–Crippen LogP) is 1.61. The maximum absolute atomic E-state index is 11.4. The molecule has 0 amide bonds. The van der Waals surface area contributed by atoms with Crippen molar-refractivity contribution in [2.24, 2.45) is 0 Å². The van der Waals surface area contributed by atoms with Crippen LogP contribution in [-0.4, -0.2) is 22.7 Å². The Hall–Kier alpha value is -0.320. The number of hydrogen-bond donors (Lipinski definition) is 0. The van der Waals surface area contributed by atoms with E-state index < -0.39 is 22.7 Å². The average molecular weight is 209 g/mol. The summed E-state index contributed by atoms with van der Waals surface area (Å²) in [6, 6.07) is 0. The van der Waals surface area contributed by atoms with Crippen LogP contribution in [0.4, 0.5) is 0 Å². The fourth-order valence-electron chi connectivity index (χ4n) is 0.776. The van der Waals surface area contributed by atoms with Crippen LogP contribution < -0.4 is 0 Å². The van der Waals surface area contributed by atoms with E-state index in [1.807, 2.05) is 0 Å². The third-order valence-corrected chi connectivity index (χ3v) is 2.04. The SMILES string of the molecule is CC1OOC1(Cl)C(=O)OC(C)(C)C. The minimum absolute atomic E-state index is 0.482. The van der Waals surface area contributed by atoms with E-state index in [0.29, 0.717) is 0 Å². The topological polar surface area (TPSA) is 44.8 Å². The molecule has 76 valence electrons. The van der Waals surface area contributed by atoms with Crippen LogP contribution in [0.25, 0.3) is 0 Å². The molecule has 0 spiro atoms. The standard InChI is InChI=1S/C8H13ClO4/c1-5-8(9,13-12-5)6(10)11-7(2,3)4/h5H,1-4H3. The summed E-state index contributed by atoms with van der Waals surface area (Å²) >= 11 is 5.79. The summed E-state index contributed by atoms with van der Waals surface area (Å²) in [6.07, 6.45) is -0.482. The molecule has 1 heterocycles. The van der Waals surface area contributed by atoms with Crippen molar-refractivity contribution < 1.29 is 19.3 Å². The van der Waals surface area contributed by atoms with Crippen molar-refractivity contribution >= 4 is 17.6 Å². The monoisotopic (exact) mass is 208 g/mol. The van der Waals surface area contributed by atoms with Gasteiger partial charge in [0.25, 0.3) is 0 Å². The lowest BCUT2D eigenvalue weighted by molar-refractivity contribution is -0.467. The highest BCUT2D eigenvalue weighted by Gasteiger charge is 2.56. The van der Waals surface area contributed by atoms with Gasteiger partial charge >= 0.3 is 11.0 Å². The number of esters is 1. The Labute approximate surface area is 82.0 Å². The van der Waals surface area contributed by atoms with E-state index in [4.69, 9.17) is 16.3 Å². The van der Waals surface area contributed by atoms with Gasteiger partial charge in [-0.25, -0.2) is 9.68 Å². The number of rotatable bonds is 1. The molecule has 2 unspecified atom stereocenters. The van der Waals surface area contributed by atoms with E-state index >= 15 is 0 Å². The molecule has 0 aromatic rings. The second-order valence-electron chi connectivity index (χ2n) is 3.97. The Morgan fingerprint density at radius 1 is 1.54 bits per heavy atom.